The Morgan fingerprint density at radius 3 is 2.47 bits per heavy atom. The van der Waals surface area contributed by atoms with Gasteiger partial charge in [-0.15, -0.1) is 0 Å². The molecule has 0 radical (unpaired) electrons. The number of hydrogen-bond acceptors (Lipinski definition) is 3. The van der Waals surface area contributed by atoms with Gasteiger partial charge >= 0.3 is 0 Å². The van der Waals surface area contributed by atoms with E-state index in [4.69, 9.17) is 4.74 Å². The van der Waals surface area contributed by atoms with Crippen molar-refractivity contribution >= 4 is 0 Å². The van der Waals surface area contributed by atoms with Crippen LogP contribution in [0, 0.1) is 0 Å². The number of likely N-dealkylation sites (N-methyl/N-ethyl adjacent to an activating group) is 2. The van der Waals surface area contributed by atoms with Gasteiger partial charge in [0.25, 0.3) is 0 Å². The summed E-state index contributed by atoms with van der Waals surface area (Å²) in [6.07, 6.45) is 1.09. The van der Waals surface area contributed by atoms with E-state index in [-0.39, 0.29) is 0 Å². The minimum Gasteiger partial charge on any atom is -0.497 e. The van der Waals surface area contributed by atoms with Gasteiger partial charge in [-0.05, 0) is 37.7 Å². The molecule has 1 rings (SSSR count). The Labute approximate surface area is 105 Å². The quantitative estimate of drug-likeness (QED) is 0.696. The summed E-state index contributed by atoms with van der Waals surface area (Å²) in [5.74, 6) is 0.925. The zero-order chi connectivity index (χ0) is 12.5. The fraction of sp³-hybridized carbons (Fsp3) is 0.571. The molecule has 0 aliphatic rings. The van der Waals surface area contributed by atoms with Crippen molar-refractivity contribution in [3.8, 4) is 5.75 Å². The van der Waals surface area contributed by atoms with Crippen molar-refractivity contribution < 1.29 is 4.74 Å². The summed E-state index contributed by atoms with van der Waals surface area (Å²) in [4.78, 5) is 2.35. The van der Waals surface area contributed by atoms with Gasteiger partial charge in [0.15, 0.2) is 0 Å². The van der Waals surface area contributed by atoms with Crippen LogP contribution in [0.2, 0.25) is 0 Å². The molecule has 0 spiro atoms. The first-order valence-corrected chi connectivity index (χ1v) is 6.28. The van der Waals surface area contributed by atoms with Crippen molar-refractivity contribution in [2.45, 2.75) is 13.3 Å². The number of benzene rings is 1. The summed E-state index contributed by atoms with van der Waals surface area (Å²) >= 11 is 0. The lowest BCUT2D eigenvalue weighted by Gasteiger charge is -2.16. The summed E-state index contributed by atoms with van der Waals surface area (Å²) in [5.41, 5.74) is 1.36. The zero-order valence-corrected chi connectivity index (χ0v) is 11.2. The van der Waals surface area contributed by atoms with Crippen molar-refractivity contribution in [3.05, 3.63) is 29.8 Å². The molecule has 17 heavy (non-hydrogen) atoms. The van der Waals surface area contributed by atoms with Crippen LogP contribution in [0.1, 0.15) is 12.5 Å². The monoisotopic (exact) mass is 236 g/mol. The molecule has 0 fully saturated rings. The highest BCUT2D eigenvalue weighted by molar-refractivity contribution is 5.27. The van der Waals surface area contributed by atoms with Crippen LogP contribution in [0.15, 0.2) is 24.3 Å². The van der Waals surface area contributed by atoms with E-state index in [2.05, 4.69) is 36.3 Å². The van der Waals surface area contributed by atoms with E-state index in [9.17, 15) is 0 Å². The van der Waals surface area contributed by atoms with Gasteiger partial charge < -0.3 is 15.0 Å². The minimum atomic E-state index is 0.925. The molecule has 0 amide bonds. The molecule has 96 valence electrons. The van der Waals surface area contributed by atoms with Crippen LogP contribution in [0.3, 0.4) is 0 Å². The summed E-state index contributed by atoms with van der Waals surface area (Å²) in [5, 5.41) is 3.33. The third-order valence-electron chi connectivity index (χ3n) is 2.86. The molecule has 0 saturated carbocycles. The van der Waals surface area contributed by atoms with Gasteiger partial charge in [0, 0.05) is 19.6 Å². The molecule has 1 aromatic rings. The van der Waals surface area contributed by atoms with E-state index in [1.807, 2.05) is 12.1 Å². The lowest BCUT2D eigenvalue weighted by molar-refractivity contribution is 0.337. The fourth-order valence-corrected chi connectivity index (χ4v) is 1.67. The second-order valence-electron chi connectivity index (χ2n) is 4.25. The topological polar surface area (TPSA) is 24.5 Å². The molecular formula is C14H24N2O. The van der Waals surface area contributed by atoms with Gasteiger partial charge in [-0.3, -0.25) is 0 Å². The Morgan fingerprint density at radius 2 is 1.88 bits per heavy atom. The predicted molar refractivity (Wildman–Crippen MR) is 72.7 cm³/mol. The van der Waals surface area contributed by atoms with Gasteiger partial charge in [-0.25, -0.2) is 0 Å². The number of rotatable bonds is 8. The number of methoxy groups -OCH3 is 1. The SMILES string of the molecule is CCNCCN(C)CCc1ccc(OC)cc1. The maximum Gasteiger partial charge on any atom is 0.118 e. The van der Waals surface area contributed by atoms with Crippen molar-refractivity contribution in [2.24, 2.45) is 0 Å². The fourth-order valence-electron chi connectivity index (χ4n) is 1.67. The van der Waals surface area contributed by atoms with Gasteiger partial charge in [0.2, 0.25) is 0 Å². The predicted octanol–water partition coefficient (Wildman–Crippen LogP) is 1.78. The van der Waals surface area contributed by atoms with E-state index in [1.54, 1.807) is 7.11 Å². The van der Waals surface area contributed by atoms with Gasteiger partial charge in [0.05, 0.1) is 7.11 Å². The second kappa shape index (κ2) is 8.09. The third kappa shape index (κ3) is 5.71. The number of hydrogen-bond donors (Lipinski definition) is 1. The summed E-state index contributed by atoms with van der Waals surface area (Å²) in [7, 11) is 3.87. The smallest absolute Gasteiger partial charge is 0.118 e. The maximum atomic E-state index is 5.14. The zero-order valence-electron chi connectivity index (χ0n) is 11.2. The lowest BCUT2D eigenvalue weighted by Crippen LogP contribution is -2.30. The van der Waals surface area contributed by atoms with Crippen LogP contribution < -0.4 is 10.1 Å². The van der Waals surface area contributed by atoms with Gasteiger partial charge in [-0.1, -0.05) is 19.1 Å². The molecule has 0 unspecified atom stereocenters. The Hall–Kier alpha value is -1.06. The number of nitrogens with zero attached hydrogens (tertiary/aromatic N) is 1. The Kier molecular flexibility index (Phi) is 6.67. The Morgan fingerprint density at radius 1 is 1.18 bits per heavy atom. The number of ether oxygens (including phenoxy) is 1. The van der Waals surface area contributed by atoms with E-state index in [1.165, 1.54) is 5.56 Å². The molecular weight excluding hydrogens is 212 g/mol. The second-order valence-corrected chi connectivity index (χ2v) is 4.25. The Balaban J connectivity index is 2.24. The first kappa shape index (κ1) is 14.0. The molecule has 3 nitrogen and oxygen atoms in total. The first-order chi connectivity index (χ1) is 8.26. The summed E-state index contributed by atoms with van der Waals surface area (Å²) in [6.45, 7) is 6.45. The molecule has 0 aliphatic heterocycles. The van der Waals surface area contributed by atoms with Crippen LogP contribution in [0.4, 0.5) is 0 Å². The molecule has 0 aromatic heterocycles. The summed E-state index contributed by atoms with van der Waals surface area (Å²) in [6, 6.07) is 8.32. The molecule has 0 saturated heterocycles. The minimum absolute atomic E-state index is 0.925. The third-order valence-corrected chi connectivity index (χ3v) is 2.86. The van der Waals surface area contributed by atoms with E-state index in [0.29, 0.717) is 0 Å². The highest BCUT2D eigenvalue weighted by atomic mass is 16.5. The van der Waals surface area contributed by atoms with Crippen LogP contribution in [-0.4, -0.2) is 45.2 Å². The average Bonchev–Trinajstić information content (AvgIpc) is 2.37. The summed E-state index contributed by atoms with van der Waals surface area (Å²) < 4.78 is 5.14. The molecule has 0 atom stereocenters. The van der Waals surface area contributed by atoms with Crippen molar-refractivity contribution in [2.75, 3.05) is 40.3 Å². The van der Waals surface area contributed by atoms with Gasteiger partial charge in [0.1, 0.15) is 5.75 Å². The molecule has 0 aliphatic carbocycles. The largest absolute Gasteiger partial charge is 0.497 e. The average molecular weight is 236 g/mol. The Bertz CT molecular complexity index is 298. The van der Waals surface area contributed by atoms with Crippen LogP contribution in [0.25, 0.3) is 0 Å². The lowest BCUT2D eigenvalue weighted by atomic mass is 10.1. The molecule has 1 N–H and O–H groups in total. The van der Waals surface area contributed by atoms with Crippen molar-refractivity contribution in [3.63, 3.8) is 0 Å². The highest BCUT2D eigenvalue weighted by Gasteiger charge is 1.99. The van der Waals surface area contributed by atoms with Crippen LogP contribution >= 0.6 is 0 Å². The van der Waals surface area contributed by atoms with Gasteiger partial charge in [-0.2, -0.15) is 0 Å². The normalized spacial score (nSPS) is 10.8. The maximum absolute atomic E-state index is 5.14. The standard InChI is InChI=1S/C14H24N2O/c1-4-15-10-12-16(2)11-9-13-5-7-14(17-3)8-6-13/h5-8,15H,4,9-12H2,1-3H3. The van der Waals surface area contributed by atoms with Crippen LogP contribution in [0.5, 0.6) is 5.75 Å². The first-order valence-electron chi connectivity index (χ1n) is 6.28. The molecule has 3 heteroatoms. The van der Waals surface area contributed by atoms with Crippen LogP contribution in [-0.2, 0) is 6.42 Å². The number of nitrogens with one attached hydrogen (secondary N) is 1. The van der Waals surface area contributed by atoms with E-state index >= 15 is 0 Å². The van der Waals surface area contributed by atoms with Crippen molar-refractivity contribution in [1.82, 2.24) is 10.2 Å². The molecule has 1 aromatic carbocycles. The molecule has 0 bridgehead atoms. The van der Waals surface area contributed by atoms with E-state index in [0.717, 1.165) is 38.3 Å². The molecule has 0 heterocycles. The van der Waals surface area contributed by atoms with Crippen molar-refractivity contribution in [1.29, 1.82) is 0 Å². The van der Waals surface area contributed by atoms with E-state index < -0.39 is 0 Å². The highest BCUT2D eigenvalue weighted by Crippen LogP contribution is 2.11.